The number of anilines is 1. The summed E-state index contributed by atoms with van der Waals surface area (Å²) >= 11 is 0. The lowest BCUT2D eigenvalue weighted by molar-refractivity contribution is 0.315. The SMILES string of the molecule is Cc1cc(C)c(C(=N)N)c(N2CCC(N(C)C)C2)n1. The first-order valence-corrected chi connectivity index (χ1v) is 6.64. The van der Waals surface area contributed by atoms with Gasteiger partial charge in [0.25, 0.3) is 0 Å². The summed E-state index contributed by atoms with van der Waals surface area (Å²) in [6.45, 7) is 5.90. The van der Waals surface area contributed by atoms with Gasteiger partial charge in [0.15, 0.2) is 0 Å². The van der Waals surface area contributed by atoms with Gasteiger partial charge < -0.3 is 15.5 Å². The monoisotopic (exact) mass is 261 g/mol. The summed E-state index contributed by atoms with van der Waals surface area (Å²) in [6.07, 6.45) is 1.12. The molecule has 2 rings (SSSR count). The van der Waals surface area contributed by atoms with Gasteiger partial charge in [-0.25, -0.2) is 4.98 Å². The van der Waals surface area contributed by atoms with E-state index in [1.54, 1.807) is 0 Å². The number of nitrogens with one attached hydrogen (secondary N) is 1. The maximum atomic E-state index is 7.79. The summed E-state index contributed by atoms with van der Waals surface area (Å²) in [5.41, 5.74) is 8.52. The predicted octanol–water partition coefficient (Wildman–Crippen LogP) is 1.12. The zero-order chi connectivity index (χ0) is 14.2. The molecule has 5 heteroatoms. The molecule has 1 unspecified atom stereocenters. The summed E-state index contributed by atoms with van der Waals surface area (Å²) < 4.78 is 0. The van der Waals surface area contributed by atoms with Crippen LogP contribution in [-0.2, 0) is 0 Å². The van der Waals surface area contributed by atoms with Gasteiger partial charge in [0.1, 0.15) is 11.7 Å². The maximum absolute atomic E-state index is 7.79. The van der Waals surface area contributed by atoms with Crippen LogP contribution in [0, 0.1) is 19.3 Å². The van der Waals surface area contributed by atoms with Gasteiger partial charge in [0, 0.05) is 24.8 Å². The lowest BCUT2D eigenvalue weighted by Crippen LogP contribution is -2.33. The van der Waals surface area contributed by atoms with Crippen LogP contribution in [-0.4, -0.2) is 48.9 Å². The standard InChI is InChI=1S/C14H23N5/c1-9-7-10(2)17-14(12(9)13(15)16)19-6-5-11(8-19)18(3)4/h7,11H,5-6,8H2,1-4H3,(H3,15,16). The fourth-order valence-electron chi connectivity index (χ4n) is 2.73. The number of amidine groups is 1. The molecule has 5 nitrogen and oxygen atoms in total. The van der Waals surface area contributed by atoms with Gasteiger partial charge in [-0.1, -0.05) is 0 Å². The first-order chi connectivity index (χ1) is 8.90. The number of nitrogens with zero attached hydrogens (tertiary/aromatic N) is 3. The van der Waals surface area contributed by atoms with Crippen molar-refractivity contribution < 1.29 is 0 Å². The number of nitrogens with two attached hydrogens (primary N) is 1. The van der Waals surface area contributed by atoms with Gasteiger partial charge >= 0.3 is 0 Å². The molecule has 1 aliphatic heterocycles. The van der Waals surface area contributed by atoms with Crippen LogP contribution in [0.15, 0.2) is 6.07 Å². The molecule has 0 amide bonds. The molecule has 1 aromatic rings. The topological polar surface area (TPSA) is 69.2 Å². The van der Waals surface area contributed by atoms with Gasteiger partial charge in [0.2, 0.25) is 0 Å². The van der Waals surface area contributed by atoms with Crippen molar-refractivity contribution in [1.29, 1.82) is 5.41 Å². The Morgan fingerprint density at radius 3 is 2.68 bits per heavy atom. The third kappa shape index (κ3) is 2.71. The van der Waals surface area contributed by atoms with E-state index in [1.807, 2.05) is 19.9 Å². The second kappa shape index (κ2) is 5.17. The van der Waals surface area contributed by atoms with Crippen molar-refractivity contribution in [2.24, 2.45) is 5.73 Å². The molecule has 1 atom stereocenters. The third-order valence-electron chi connectivity index (χ3n) is 3.79. The van der Waals surface area contributed by atoms with Crippen LogP contribution < -0.4 is 10.6 Å². The van der Waals surface area contributed by atoms with Crippen LogP contribution in [0.25, 0.3) is 0 Å². The van der Waals surface area contributed by atoms with Crippen LogP contribution in [0.5, 0.6) is 0 Å². The van der Waals surface area contributed by atoms with E-state index in [9.17, 15) is 0 Å². The molecule has 1 saturated heterocycles. The number of pyridine rings is 1. The molecule has 0 spiro atoms. The molecule has 1 aliphatic rings. The highest BCUT2D eigenvalue weighted by Gasteiger charge is 2.27. The Kier molecular flexibility index (Phi) is 3.75. The van der Waals surface area contributed by atoms with Gasteiger partial charge in [-0.3, -0.25) is 5.41 Å². The van der Waals surface area contributed by atoms with Gasteiger partial charge in [-0.05, 0) is 46.0 Å². The van der Waals surface area contributed by atoms with Crippen LogP contribution in [0.3, 0.4) is 0 Å². The Morgan fingerprint density at radius 1 is 1.47 bits per heavy atom. The van der Waals surface area contributed by atoms with Crippen molar-refractivity contribution in [2.75, 3.05) is 32.1 Å². The molecule has 104 valence electrons. The van der Waals surface area contributed by atoms with Crippen molar-refractivity contribution in [2.45, 2.75) is 26.3 Å². The number of rotatable bonds is 3. The Balaban J connectivity index is 2.37. The first kappa shape index (κ1) is 13.8. The molecule has 0 bridgehead atoms. The Hall–Kier alpha value is -1.62. The average Bonchev–Trinajstić information content (AvgIpc) is 2.76. The molecule has 3 N–H and O–H groups in total. The minimum atomic E-state index is 0.105. The van der Waals surface area contributed by atoms with Crippen molar-refractivity contribution in [3.8, 4) is 0 Å². The highest BCUT2D eigenvalue weighted by molar-refractivity contribution is 6.01. The van der Waals surface area contributed by atoms with E-state index >= 15 is 0 Å². The Labute approximate surface area is 114 Å². The van der Waals surface area contributed by atoms with Crippen molar-refractivity contribution in [1.82, 2.24) is 9.88 Å². The Bertz CT molecular complexity index is 495. The molecule has 0 aliphatic carbocycles. The lowest BCUT2D eigenvalue weighted by atomic mass is 10.1. The average molecular weight is 261 g/mol. The molecule has 19 heavy (non-hydrogen) atoms. The lowest BCUT2D eigenvalue weighted by Gasteiger charge is -2.24. The number of hydrogen-bond donors (Lipinski definition) is 2. The first-order valence-electron chi connectivity index (χ1n) is 6.64. The van der Waals surface area contributed by atoms with E-state index in [2.05, 4.69) is 28.9 Å². The predicted molar refractivity (Wildman–Crippen MR) is 79.0 cm³/mol. The zero-order valence-corrected chi connectivity index (χ0v) is 12.2. The van der Waals surface area contributed by atoms with E-state index in [0.29, 0.717) is 6.04 Å². The second-order valence-electron chi connectivity index (χ2n) is 5.54. The van der Waals surface area contributed by atoms with E-state index in [1.165, 1.54) is 0 Å². The fraction of sp³-hybridized carbons (Fsp3) is 0.571. The smallest absolute Gasteiger partial charge is 0.140 e. The molecular weight excluding hydrogens is 238 g/mol. The quantitative estimate of drug-likeness (QED) is 0.632. The summed E-state index contributed by atoms with van der Waals surface area (Å²) in [4.78, 5) is 9.12. The van der Waals surface area contributed by atoms with Crippen molar-refractivity contribution in [3.63, 3.8) is 0 Å². The molecule has 0 radical (unpaired) electrons. The molecule has 0 aromatic carbocycles. The summed E-state index contributed by atoms with van der Waals surface area (Å²) in [5.74, 6) is 0.975. The van der Waals surface area contributed by atoms with Crippen LogP contribution in [0.1, 0.15) is 23.2 Å². The van der Waals surface area contributed by atoms with E-state index in [-0.39, 0.29) is 5.84 Å². The second-order valence-corrected chi connectivity index (χ2v) is 5.54. The van der Waals surface area contributed by atoms with Gasteiger partial charge in [0.05, 0.1) is 5.56 Å². The minimum absolute atomic E-state index is 0.105. The number of aromatic nitrogens is 1. The molecular formula is C14H23N5. The highest BCUT2D eigenvalue weighted by atomic mass is 15.3. The molecule has 0 saturated carbocycles. The van der Waals surface area contributed by atoms with Crippen LogP contribution >= 0.6 is 0 Å². The van der Waals surface area contributed by atoms with Crippen molar-refractivity contribution >= 4 is 11.7 Å². The van der Waals surface area contributed by atoms with Crippen LogP contribution in [0.2, 0.25) is 0 Å². The van der Waals surface area contributed by atoms with E-state index in [4.69, 9.17) is 11.1 Å². The largest absolute Gasteiger partial charge is 0.384 e. The Morgan fingerprint density at radius 2 is 2.16 bits per heavy atom. The number of nitrogen functional groups attached to an aromatic ring is 1. The molecule has 1 aromatic heterocycles. The summed E-state index contributed by atoms with van der Waals surface area (Å²) in [7, 11) is 4.21. The highest BCUT2D eigenvalue weighted by Crippen LogP contribution is 2.26. The number of hydrogen-bond acceptors (Lipinski definition) is 4. The summed E-state index contributed by atoms with van der Waals surface area (Å²) in [6, 6.07) is 2.53. The fourth-order valence-corrected chi connectivity index (χ4v) is 2.73. The molecule has 1 fully saturated rings. The molecule has 2 heterocycles. The zero-order valence-electron chi connectivity index (χ0n) is 12.2. The van der Waals surface area contributed by atoms with E-state index in [0.717, 1.165) is 42.1 Å². The number of likely N-dealkylation sites (N-methyl/N-ethyl adjacent to an activating group) is 1. The minimum Gasteiger partial charge on any atom is -0.384 e. The summed E-state index contributed by atoms with van der Waals surface area (Å²) in [5, 5.41) is 7.79. The van der Waals surface area contributed by atoms with Gasteiger partial charge in [-0.15, -0.1) is 0 Å². The third-order valence-corrected chi connectivity index (χ3v) is 3.79. The van der Waals surface area contributed by atoms with E-state index < -0.39 is 0 Å². The maximum Gasteiger partial charge on any atom is 0.140 e. The van der Waals surface area contributed by atoms with Crippen molar-refractivity contribution in [3.05, 3.63) is 22.9 Å². The van der Waals surface area contributed by atoms with Crippen LogP contribution in [0.4, 0.5) is 5.82 Å². The van der Waals surface area contributed by atoms with Gasteiger partial charge in [-0.2, -0.15) is 0 Å². The number of aryl methyl sites for hydroxylation is 2. The normalized spacial score (nSPS) is 19.2.